The summed E-state index contributed by atoms with van der Waals surface area (Å²) in [6.07, 6.45) is -1.03. The number of nitrogens with one attached hydrogen (secondary N) is 1. The summed E-state index contributed by atoms with van der Waals surface area (Å²) in [5.41, 5.74) is 1.00. The number of carbonyl (C=O) groups is 1. The highest BCUT2D eigenvalue weighted by Gasteiger charge is 2.18. The fraction of sp³-hybridized carbons (Fsp3) is 0.417. The van der Waals surface area contributed by atoms with E-state index in [9.17, 15) is 13.2 Å². The maximum absolute atomic E-state index is 11.5. The SMILES string of the molecule is CC(C)c1cccc(OC(=O)NS(=O)(=O)N(C)C)c1. The van der Waals surface area contributed by atoms with Crippen LogP contribution < -0.4 is 9.46 Å². The first-order valence-electron chi connectivity index (χ1n) is 5.74. The predicted octanol–water partition coefficient (Wildman–Crippen LogP) is 1.70. The molecule has 0 aliphatic heterocycles. The summed E-state index contributed by atoms with van der Waals surface area (Å²) < 4.78 is 30.5. The van der Waals surface area contributed by atoms with E-state index in [1.165, 1.54) is 14.1 Å². The zero-order chi connectivity index (χ0) is 14.6. The molecule has 1 rings (SSSR count). The zero-order valence-corrected chi connectivity index (χ0v) is 12.2. The van der Waals surface area contributed by atoms with E-state index in [0.29, 0.717) is 5.75 Å². The first-order chi connectivity index (χ1) is 8.72. The van der Waals surface area contributed by atoms with Gasteiger partial charge in [0.1, 0.15) is 5.75 Å². The summed E-state index contributed by atoms with van der Waals surface area (Å²) in [5.74, 6) is 0.592. The van der Waals surface area contributed by atoms with Crippen molar-refractivity contribution < 1.29 is 17.9 Å². The molecule has 0 bridgehead atoms. The van der Waals surface area contributed by atoms with Gasteiger partial charge in [-0.05, 0) is 23.6 Å². The van der Waals surface area contributed by atoms with Crippen molar-refractivity contribution in [1.29, 1.82) is 0 Å². The Morgan fingerprint density at radius 1 is 1.32 bits per heavy atom. The molecule has 1 aromatic rings. The van der Waals surface area contributed by atoms with Crippen LogP contribution in [0.25, 0.3) is 0 Å². The van der Waals surface area contributed by atoms with Crippen LogP contribution in [0.5, 0.6) is 5.75 Å². The molecule has 0 aromatic heterocycles. The molecule has 0 unspecified atom stereocenters. The van der Waals surface area contributed by atoms with Gasteiger partial charge in [-0.3, -0.25) is 0 Å². The second-order valence-corrected chi connectivity index (χ2v) is 6.39. The highest BCUT2D eigenvalue weighted by molar-refractivity contribution is 7.87. The van der Waals surface area contributed by atoms with E-state index in [0.717, 1.165) is 9.87 Å². The Morgan fingerprint density at radius 3 is 2.47 bits per heavy atom. The monoisotopic (exact) mass is 286 g/mol. The molecule has 0 aliphatic carbocycles. The van der Waals surface area contributed by atoms with Gasteiger partial charge >= 0.3 is 16.3 Å². The van der Waals surface area contributed by atoms with Crippen molar-refractivity contribution in [3.63, 3.8) is 0 Å². The number of carbonyl (C=O) groups excluding carboxylic acids is 1. The van der Waals surface area contributed by atoms with Crippen LogP contribution in [-0.4, -0.2) is 32.9 Å². The maximum Gasteiger partial charge on any atom is 0.427 e. The maximum atomic E-state index is 11.5. The van der Waals surface area contributed by atoms with Crippen LogP contribution in [0.3, 0.4) is 0 Å². The Bertz CT molecular complexity index is 553. The first kappa shape index (κ1) is 15.5. The number of benzene rings is 1. The van der Waals surface area contributed by atoms with Crippen molar-refractivity contribution in [3.8, 4) is 5.75 Å². The van der Waals surface area contributed by atoms with Crippen LogP contribution in [0, 0.1) is 0 Å². The minimum absolute atomic E-state index is 0.289. The van der Waals surface area contributed by atoms with Gasteiger partial charge in [-0.2, -0.15) is 12.7 Å². The number of amides is 1. The standard InChI is InChI=1S/C12H18N2O4S/c1-9(2)10-6-5-7-11(8-10)18-12(15)13-19(16,17)14(3)4/h5-9H,1-4H3,(H,13,15). The lowest BCUT2D eigenvalue weighted by Crippen LogP contribution is -2.40. The second kappa shape index (κ2) is 6.03. The first-order valence-corrected chi connectivity index (χ1v) is 7.18. The average Bonchev–Trinajstić information content (AvgIpc) is 2.28. The number of hydrogen-bond acceptors (Lipinski definition) is 4. The van der Waals surface area contributed by atoms with Gasteiger partial charge in [0.05, 0.1) is 0 Å². The molecular formula is C12H18N2O4S. The van der Waals surface area contributed by atoms with E-state index in [1.54, 1.807) is 22.9 Å². The zero-order valence-electron chi connectivity index (χ0n) is 11.4. The number of rotatable bonds is 4. The Labute approximate surface area is 113 Å². The lowest BCUT2D eigenvalue weighted by Gasteiger charge is -2.13. The molecule has 7 heteroatoms. The van der Waals surface area contributed by atoms with Gasteiger partial charge in [0.2, 0.25) is 0 Å². The molecule has 1 N–H and O–H groups in total. The molecule has 0 saturated heterocycles. The third-order valence-electron chi connectivity index (χ3n) is 2.43. The number of nitrogens with zero attached hydrogens (tertiary/aromatic N) is 1. The number of ether oxygens (including phenoxy) is 1. The Balaban J connectivity index is 2.75. The highest BCUT2D eigenvalue weighted by atomic mass is 32.2. The predicted molar refractivity (Wildman–Crippen MR) is 72.3 cm³/mol. The summed E-state index contributed by atoms with van der Waals surface area (Å²) in [6, 6.07) is 6.95. The van der Waals surface area contributed by atoms with Crippen molar-refractivity contribution in [3.05, 3.63) is 29.8 Å². The molecule has 19 heavy (non-hydrogen) atoms. The largest absolute Gasteiger partial charge is 0.427 e. The second-order valence-electron chi connectivity index (χ2n) is 4.51. The van der Waals surface area contributed by atoms with Crippen LogP contribution >= 0.6 is 0 Å². The topological polar surface area (TPSA) is 75.7 Å². The molecule has 0 saturated carbocycles. The van der Waals surface area contributed by atoms with Crippen LogP contribution in [0.2, 0.25) is 0 Å². The minimum atomic E-state index is -3.84. The summed E-state index contributed by atoms with van der Waals surface area (Å²) >= 11 is 0. The van der Waals surface area contributed by atoms with Crippen molar-refractivity contribution in [2.45, 2.75) is 19.8 Å². The third kappa shape index (κ3) is 4.53. The summed E-state index contributed by atoms with van der Waals surface area (Å²) in [6.45, 7) is 4.02. The van der Waals surface area contributed by atoms with Crippen molar-refractivity contribution in [1.82, 2.24) is 9.03 Å². The fourth-order valence-electron chi connectivity index (χ4n) is 1.26. The molecule has 0 fully saturated rings. The van der Waals surface area contributed by atoms with Crippen molar-refractivity contribution in [2.24, 2.45) is 0 Å². The molecule has 0 spiro atoms. The van der Waals surface area contributed by atoms with Crippen LogP contribution in [0.1, 0.15) is 25.3 Å². The molecule has 1 amide bonds. The molecular weight excluding hydrogens is 268 g/mol. The van der Waals surface area contributed by atoms with Gasteiger partial charge in [0, 0.05) is 14.1 Å². The molecule has 0 aliphatic rings. The van der Waals surface area contributed by atoms with Gasteiger partial charge in [0.25, 0.3) is 0 Å². The average molecular weight is 286 g/mol. The third-order valence-corrected chi connectivity index (χ3v) is 3.81. The smallest absolute Gasteiger partial charge is 0.410 e. The normalized spacial score (nSPS) is 11.7. The van der Waals surface area contributed by atoms with E-state index in [2.05, 4.69) is 0 Å². The number of hydrogen-bond donors (Lipinski definition) is 1. The Hall–Kier alpha value is -1.60. The van der Waals surface area contributed by atoms with Crippen LogP contribution in [0.15, 0.2) is 24.3 Å². The van der Waals surface area contributed by atoms with Crippen LogP contribution in [-0.2, 0) is 10.2 Å². The van der Waals surface area contributed by atoms with Gasteiger partial charge in [-0.1, -0.05) is 26.0 Å². The van der Waals surface area contributed by atoms with E-state index >= 15 is 0 Å². The van der Waals surface area contributed by atoms with Crippen LogP contribution in [0.4, 0.5) is 4.79 Å². The molecule has 6 nitrogen and oxygen atoms in total. The van der Waals surface area contributed by atoms with E-state index in [4.69, 9.17) is 4.74 Å². The summed E-state index contributed by atoms with van der Waals surface area (Å²) in [4.78, 5) is 11.5. The molecule has 106 valence electrons. The van der Waals surface area contributed by atoms with E-state index in [1.807, 2.05) is 19.9 Å². The summed E-state index contributed by atoms with van der Waals surface area (Å²) in [5, 5.41) is 0. The molecule has 0 atom stereocenters. The molecule has 0 heterocycles. The van der Waals surface area contributed by atoms with E-state index in [-0.39, 0.29) is 5.92 Å². The van der Waals surface area contributed by atoms with Gasteiger partial charge in [-0.15, -0.1) is 0 Å². The lowest BCUT2D eigenvalue weighted by atomic mass is 10.0. The molecule has 0 radical (unpaired) electrons. The van der Waals surface area contributed by atoms with E-state index < -0.39 is 16.3 Å². The van der Waals surface area contributed by atoms with Gasteiger partial charge < -0.3 is 4.74 Å². The molecule has 1 aromatic carbocycles. The fourth-order valence-corrected chi connectivity index (χ4v) is 1.70. The van der Waals surface area contributed by atoms with Crippen molar-refractivity contribution >= 4 is 16.3 Å². The Morgan fingerprint density at radius 2 is 1.95 bits per heavy atom. The van der Waals surface area contributed by atoms with Crippen molar-refractivity contribution in [2.75, 3.05) is 14.1 Å². The Kier molecular flexibility index (Phi) is 4.90. The highest BCUT2D eigenvalue weighted by Crippen LogP contribution is 2.20. The summed E-state index contributed by atoms with van der Waals surface area (Å²) in [7, 11) is -1.21. The lowest BCUT2D eigenvalue weighted by molar-refractivity contribution is 0.206. The quantitative estimate of drug-likeness (QED) is 0.914. The minimum Gasteiger partial charge on any atom is -0.410 e. The van der Waals surface area contributed by atoms with Gasteiger partial charge in [0.15, 0.2) is 0 Å². The van der Waals surface area contributed by atoms with Gasteiger partial charge in [-0.25, -0.2) is 9.52 Å².